The Balaban J connectivity index is 1.15. The largest absolute Gasteiger partial charge is 0.369 e. The van der Waals surface area contributed by atoms with Gasteiger partial charge in [-0.1, -0.05) is 18.2 Å². The van der Waals surface area contributed by atoms with E-state index in [-0.39, 0.29) is 5.91 Å². The van der Waals surface area contributed by atoms with Crippen LogP contribution in [0.5, 0.6) is 0 Å². The molecule has 2 saturated heterocycles. The molecule has 9 heteroatoms. The molecule has 0 spiro atoms. The number of anilines is 1. The molecule has 1 aromatic carbocycles. The van der Waals surface area contributed by atoms with Crippen molar-refractivity contribution in [3.05, 3.63) is 47.3 Å². The van der Waals surface area contributed by atoms with Gasteiger partial charge in [0.15, 0.2) is 0 Å². The summed E-state index contributed by atoms with van der Waals surface area (Å²) < 4.78 is 27.4. The van der Waals surface area contributed by atoms with Crippen molar-refractivity contribution in [2.45, 2.75) is 42.9 Å². The number of sulfonamides is 1. The number of aryl methyl sites for hydroxylation is 1. The molecule has 1 unspecified atom stereocenters. The minimum atomic E-state index is -3.59. The van der Waals surface area contributed by atoms with Crippen LogP contribution in [0.2, 0.25) is 0 Å². The predicted octanol–water partition coefficient (Wildman–Crippen LogP) is 2.93. The van der Waals surface area contributed by atoms with Crippen molar-refractivity contribution >= 4 is 33.0 Å². The Kier molecular flexibility index (Phi) is 8.06. The molecule has 1 amide bonds. The molecule has 1 N–H and O–H groups in total. The Morgan fingerprint density at radius 3 is 2.64 bits per heavy atom. The Morgan fingerprint density at radius 1 is 1.09 bits per heavy atom. The molecule has 3 heterocycles. The third-order valence-corrected chi connectivity index (χ3v) is 9.79. The first-order valence-electron chi connectivity index (χ1n) is 11.8. The molecule has 1 aromatic heterocycles. The van der Waals surface area contributed by atoms with Gasteiger partial charge in [-0.05, 0) is 68.3 Å². The summed E-state index contributed by atoms with van der Waals surface area (Å²) in [6.45, 7) is 8.34. The molecule has 0 aliphatic carbocycles. The molecule has 2 aromatic rings. The number of unbranched alkanes of at least 4 members (excludes halogenated alkanes) is 1. The molecule has 0 bridgehead atoms. The lowest BCUT2D eigenvalue weighted by molar-refractivity contribution is -0.124. The minimum absolute atomic E-state index is 0.167. The van der Waals surface area contributed by atoms with Crippen molar-refractivity contribution in [2.24, 2.45) is 0 Å². The number of piperazine rings is 1. The highest BCUT2D eigenvalue weighted by atomic mass is 32.2. The van der Waals surface area contributed by atoms with Crippen molar-refractivity contribution in [1.82, 2.24) is 14.5 Å². The van der Waals surface area contributed by atoms with Gasteiger partial charge in [0.1, 0.15) is 10.3 Å². The van der Waals surface area contributed by atoms with Crippen molar-refractivity contribution in [3.8, 4) is 0 Å². The summed E-state index contributed by atoms with van der Waals surface area (Å²) in [5.74, 6) is -0.167. The number of carbonyl (C=O) groups is 1. The Morgan fingerprint density at radius 2 is 1.91 bits per heavy atom. The van der Waals surface area contributed by atoms with Crippen molar-refractivity contribution in [3.63, 3.8) is 0 Å². The number of amides is 1. The molecule has 1 atom stereocenters. The maximum Gasteiger partial charge on any atom is 0.253 e. The van der Waals surface area contributed by atoms with E-state index in [4.69, 9.17) is 0 Å². The summed E-state index contributed by atoms with van der Waals surface area (Å²) in [4.78, 5) is 17.6. The molecule has 180 valence electrons. The number of hydrogen-bond donors (Lipinski definition) is 1. The van der Waals surface area contributed by atoms with Gasteiger partial charge in [0.2, 0.25) is 5.91 Å². The lowest BCUT2D eigenvalue weighted by Gasteiger charge is -2.36. The van der Waals surface area contributed by atoms with Crippen LogP contribution in [0.25, 0.3) is 0 Å². The van der Waals surface area contributed by atoms with E-state index in [0.717, 1.165) is 52.0 Å². The zero-order valence-electron chi connectivity index (χ0n) is 19.3. The third kappa shape index (κ3) is 5.95. The molecule has 33 heavy (non-hydrogen) atoms. The zero-order chi connectivity index (χ0) is 23.3. The van der Waals surface area contributed by atoms with Gasteiger partial charge in [-0.15, -0.1) is 11.3 Å². The van der Waals surface area contributed by atoms with Crippen LogP contribution in [0.15, 0.2) is 46.0 Å². The van der Waals surface area contributed by atoms with Gasteiger partial charge in [-0.2, -0.15) is 4.31 Å². The van der Waals surface area contributed by atoms with Crippen LogP contribution < -0.4 is 10.2 Å². The van der Waals surface area contributed by atoms with Crippen molar-refractivity contribution in [2.75, 3.05) is 50.7 Å². The number of nitrogens with zero attached hydrogens (tertiary/aromatic N) is 3. The van der Waals surface area contributed by atoms with Gasteiger partial charge >= 0.3 is 0 Å². The summed E-state index contributed by atoms with van der Waals surface area (Å²) in [7, 11) is -3.59. The normalized spacial score (nSPS) is 20.3. The lowest BCUT2D eigenvalue weighted by Crippen LogP contribution is -2.47. The average Bonchev–Trinajstić information content (AvgIpc) is 3.52. The Hall–Kier alpha value is -1.94. The van der Waals surface area contributed by atoms with E-state index in [1.54, 1.807) is 17.5 Å². The Labute approximate surface area is 201 Å². The number of nitrogens with one attached hydrogen (secondary N) is 1. The number of rotatable bonds is 9. The third-order valence-electron chi connectivity index (χ3n) is 6.50. The van der Waals surface area contributed by atoms with Crippen LogP contribution in [-0.4, -0.2) is 75.4 Å². The molecule has 4 rings (SSSR count). The Bertz CT molecular complexity index is 1020. The molecule has 0 radical (unpaired) electrons. The van der Waals surface area contributed by atoms with Gasteiger partial charge in [0, 0.05) is 45.0 Å². The molecule has 0 saturated carbocycles. The number of thiophene rings is 1. The van der Waals surface area contributed by atoms with Crippen LogP contribution in [0, 0.1) is 6.92 Å². The standard InChI is InChI=1S/C24H34N4O3S2/c1-20-7-4-8-21(19-20)27-16-14-26(15-17-27)12-3-2-11-25-24(29)22-9-5-13-28(22)33(30,31)23-10-6-18-32-23/h4,6-8,10,18-19,22H,2-3,5,9,11-17H2,1H3,(H,25,29). The van der Waals surface area contributed by atoms with Gasteiger partial charge < -0.3 is 10.2 Å². The maximum atomic E-state index is 12.8. The minimum Gasteiger partial charge on any atom is -0.369 e. The highest BCUT2D eigenvalue weighted by Gasteiger charge is 2.39. The van der Waals surface area contributed by atoms with E-state index < -0.39 is 16.1 Å². The fourth-order valence-corrected chi connectivity index (χ4v) is 7.44. The van der Waals surface area contributed by atoms with E-state index >= 15 is 0 Å². The quantitative estimate of drug-likeness (QED) is 0.547. The summed E-state index contributed by atoms with van der Waals surface area (Å²) in [6.07, 6.45) is 3.22. The summed E-state index contributed by atoms with van der Waals surface area (Å²) in [6, 6.07) is 11.4. The number of hydrogen-bond acceptors (Lipinski definition) is 6. The summed E-state index contributed by atoms with van der Waals surface area (Å²) in [5.41, 5.74) is 2.60. The molecular formula is C24H34N4O3S2. The fourth-order valence-electron chi connectivity index (χ4n) is 4.66. The highest BCUT2D eigenvalue weighted by molar-refractivity contribution is 7.91. The van der Waals surface area contributed by atoms with E-state index in [1.807, 2.05) is 0 Å². The summed E-state index contributed by atoms with van der Waals surface area (Å²) in [5, 5.41) is 4.73. The van der Waals surface area contributed by atoms with E-state index in [1.165, 1.54) is 26.9 Å². The van der Waals surface area contributed by atoms with Crippen LogP contribution in [0.3, 0.4) is 0 Å². The van der Waals surface area contributed by atoms with E-state index in [9.17, 15) is 13.2 Å². The molecule has 2 fully saturated rings. The number of benzene rings is 1. The molecule has 2 aliphatic heterocycles. The average molecular weight is 491 g/mol. The first-order chi connectivity index (χ1) is 15.9. The first kappa shape index (κ1) is 24.2. The van der Waals surface area contributed by atoms with Crippen LogP contribution in [-0.2, 0) is 14.8 Å². The molecule has 7 nitrogen and oxygen atoms in total. The fraction of sp³-hybridized carbons (Fsp3) is 0.542. The monoisotopic (exact) mass is 490 g/mol. The van der Waals surface area contributed by atoms with E-state index in [2.05, 4.69) is 46.3 Å². The first-order valence-corrected chi connectivity index (χ1v) is 14.1. The predicted molar refractivity (Wildman–Crippen MR) is 133 cm³/mol. The molecule has 2 aliphatic rings. The zero-order valence-corrected chi connectivity index (χ0v) is 20.9. The highest BCUT2D eigenvalue weighted by Crippen LogP contribution is 2.28. The van der Waals surface area contributed by atoms with Crippen molar-refractivity contribution in [1.29, 1.82) is 0 Å². The van der Waals surface area contributed by atoms with Crippen LogP contribution >= 0.6 is 11.3 Å². The van der Waals surface area contributed by atoms with Gasteiger partial charge in [-0.25, -0.2) is 8.42 Å². The molecular weight excluding hydrogens is 456 g/mol. The topological polar surface area (TPSA) is 73.0 Å². The second-order valence-electron chi connectivity index (χ2n) is 8.87. The maximum absolute atomic E-state index is 12.8. The lowest BCUT2D eigenvalue weighted by atomic mass is 10.2. The summed E-state index contributed by atoms with van der Waals surface area (Å²) >= 11 is 1.20. The SMILES string of the molecule is Cc1cccc(N2CCN(CCCCNC(=O)C3CCCN3S(=O)(=O)c3cccs3)CC2)c1. The second kappa shape index (κ2) is 11.0. The van der Waals surface area contributed by atoms with Gasteiger partial charge in [0.05, 0.1) is 0 Å². The van der Waals surface area contributed by atoms with Gasteiger partial charge in [-0.3, -0.25) is 9.69 Å². The smallest absolute Gasteiger partial charge is 0.253 e. The van der Waals surface area contributed by atoms with Crippen LogP contribution in [0.4, 0.5) is 5.69 Å². The van der Waals surface area contributed by atoms with Crippen molar-refractivity contribution < 1.29 is 13.2 Å². The van der Waals surface area contributed by atoms with E-state index in [0.29, 0.717) is 23.7 Å². The van der Waals surface area contributed by atoms with Gasteiger partial charge in [0.25, 0.3) is 10.0 Å². The number of carbonyl (C=O) groups excluding carboxylic acids is 1. The van der Waals surface area contributed by atoms with Crippen LogP contribution in [0.1, 0.15) is 31.2 Å². The second-order valence-corrected chi connectivity index (χ2v) is 11.9.